The molecule has 3 heterocycles. The van der Waals surface area contributed by atoms with Crippen molar-refractivity contribution in [1.82, 2.24) is 15.6 Å². The molecular formula is C19H35N3. The predicted molar refractivity (Wildman–Crippen MR) is 91.1 cm³/mol. The number of nitrogens with one attached hydrogen (secondary N) is 1. The molecule has 1 N–H and O–H groups in total. The molecule has 5 unspecified atom stereocenters. The van der Waals surface area contributed by atoms with Crippen LogP contribution in [0.15, 0.2) is 0 Å². The maximum Gasteiger partial charge on any atom is 0.0331 e. The number of nitrogens with zero attached hydrogens (tertiary/aromatic N) is 2. The molecule has 3 aliphatic heterocycles. The first-order chi connectivity index (χ1) is 10.9. The smallest absolute Gasteiger partial charge is 0.0331 e. The fraction of sp³-hybridized carbons (Fsp3) is 1.00. The third-order valence-electron chi connectivity index (χ3n) is 6.95. The van der Waals surface area contributed by atoms with Gasteiger partial charge in [0.05, 0.1) is 0 Å². The minimum absolute atomic E-state index is 0.857. The number of rotatable bonds is 0. The van der Waals surface area contributed by atoms with E-state index < -0.39 is 0 Å². The summed E-state index contributed by atoms with van der Waals surface area (Å²) in [7, 11) is 0. The number of fused-ring (bicyclic) bond motifs is 4. The van der Waals surface area contributed by atoms with Crippen LogP contribution >= 0.6 is 0 Å². The lowest BCUT2D eigenvalue weighted by Gasteiger charge is -2.39. The van der Waals surface area contributed by atoms with E-state index in [1.165, 1.54) is 96.7 Å². The van der Waals surface area contributed by atoms with Crippen LogP contribution in [0.2, 0.25) is 0 Å². The summed E-state index contributed by atoms with van der Waals surface area (Å²) < 4.78 is 0. The molecule has 0 aromatic rings. The monoisotopic (exact) mass is 305 g/mol. The van der Waals surface area contributed by atoms with Gasteiger partial charge in [0, 0.05) is 25.7 Å². The van der Waals surface area contributed by atoms with Crippen LogP contribution in [0.1, 0.15) is 77.0 Å². The molecule has 5 atom stereocenters. The third-order valence-corrected chi connectivity index (χ3v) is 6.95. The highest BCUT2D eigenvalue weighted by Gasteiger charge is 2.42. The normalized spacial score (nSPS) is 44.5. The topological polar surface area (TPSA) is 18.5 Å². The Morgan fingerprint density at radius 1 is 0.727 bits per heavy atom. The lowest BCUT2D eigenvalue weighted by Crippen LogP contribution is -2.51. The van der Waals surface area contributed by atoms with Gasteiger partial charge in [0.1, 0.15) is 0 Å². The average Bonchev–Trinajstić information content (AvgIpc) is 3.15. The van der Waals surface area contributed by atoms with Crippen molar-refractivity contribution in [2.75, 3.05) is 19.6 Å². The number of hydrogen-bond acceptors (Lipinski definition) is 3. The van der Waals surface area contributed by atoms with Crippen molar-refractivity contribution >= 4 is 0 Å². The summed E-state index contributed by atoms with van der Waals surface area (Å²) in [6.45, 7) is 3.80. The summed E-state index contributed by atoms with van der Waals surface area (Å²) in [5.41, 5.74) is 3.73. The maximum atomic E-state index is 3.73. The summed E-state index contributed by atoms with van der Waals surface area (Å²) in [5.74, 6) is 2.90. The molecule has 4 aliphatic rings. The summed E-state index contributed by atoms with van der Waals surface area (Å²) in [6.07, 6.45) is 17.8. The van der Waals surface area contributed by atoms with Crippen LogP contribution in [-0.4, -0.2) is 35.8 Å². The summed E-state index contributed by atoms with van der Waals surface area (Å²) in [4.78, 5) is 0. The van der Waals surface area contributed by atoms with E-state index in [1.807, 2.05) is 0 Å². The zero-order valence-corrected chi connectivity index (χ0v) is 14.3. The molecule has 4 fully saturated rings. The summed E-state index contributed by atoms with van der Waals surface area (Å²) in [5, 5.41) is 5.29. The minimum Gasteiger partial charge on any atom is -0.241 e. The molecule has 0 spiro atoms. The molecule has 0 aromatic heterocycles. The van der Waals surface area contributed by atoms with E-state index in [0.29, 0.717) is 0 Å². The molecule has 3 heteroatoms. The highest BCUT2D eigenvalue weighted by molar-refractivity contribution is 4.92. The molecule has 4 rings (SSSR count). The Hall–Kier alpha value is -0.120. The molecular weight excluding hydrogens is 270 g/mol. The molecule has 1 saturated carbocycles. The second kappa shape index (κ2) is 7.19. The largest absolute Gasteiger partial charge is 0.241 e. The second-order valence-electron chi connectivity index (χ2n) is 8.47. The van der Waals surface area contributed by atoms with Crippen molar-refractivity contribution in [2.24, 2.45) is 17.8 Å². The van der Waals surface area contributed by atoms with Crippen LogP contribution in [0.4, 0.5) is 0 Å². The summed E-state index contributed by atoms with van der Waals surface area (Å²) >= 11 is 0. The fourth-order valence-corrected chi connectivity index (χ4v) is 5.59. The molecule has 22 heavy (non-hydrogen) atoms. The quantitative estimate of drug-likeness (QED) is 0.731. The minimum atomic E-state index is 0.857. The van der Waals surface area contributed by atoms with Crippen LogP contribution in [0, 0.1) is 17.8 Å². The van der Waals surface area contributed by atoms with E-state index in [9.17, 15) is 0 Å². The van der Waals surface area contributed by atoms with Gasteiger partial charge in [-0.05, 0) is 43.4 Å². The van der Waals surface area contributed by atoms with Gasteiger partial charge in [0.15, 0.2) is 0 Å². The van der Waals surface area contributed by atoms with Crippen molar-refractivity contribution < 1.29 is 0 Å². The molecule has 1 aliphatic carbocycles. The molecule has 0 amide bonds. The first-order valence-corrected chi connectivity index (χ1v) is 10.2. The van der Waals surface area contributed by atoms with Crippen LogP contribution in [-0.2, 0) is 0 Å². The van der Waals surface area contributed by atoms with Gasteiger partial charge in [0.25, 0.3) is 0 Å². The maximum absolute atomic E-state index is 3.73. The molecule has 4 bridgehead atoms. The number of hydrazine groups is 2. The van der Waals surface area contributed by atoms with Gasteiger partial charge >= 0.3 is 0 Å². The first-order valence-electron chi connectivity index (χ1n) is 10.2. The van der Waals surface area contributed by atoms with Gasteiger partial charge in [0.2, 0.25) is 0 Å². The van der Waals surface area contributed by atoms with Crippen molar-refractivity contribution in [3.05, 3.63) is 0 Å². The lowest BCUT2D eigenvalue weighted by molar-refractivity contribution is -0.0757. The SMILES string of the molecule is C1CCCCC2CNN(C2)N2CCC3CCC(CCC1)CC32. The second-order valence-corrected chi connectivity index (χ2v) is 8.47. The lowest BCUT2D eigenvalue weighted by atomic mass is 9.77. The average molecular weight is 306 g/mol. The van der Waals surface area contributed by atoms with Gasteiger partial charge in [-0.15, -0.1) is 0 Å². The molecule has 3 nitrogen and oxygen atoms in total. The van der Waals surface area contributed by atoms with Gasteiger partial charge in [-0.25, -0.2) is 10.4 Å². The van der Waals surface area contributed by atoms with Crippen LogP contribution in [0.25, 0.3) is 0 Å². The van der Waals surface area contributed by atoms with Crippen LogP contribution in [0.5, 0.6) is 0 Å². The van der Waals surface area contributed by atoms with Crippen molar-refractivity contribution in [3.63, 3.8) is 0 Å². The first kappa shape index (κ1) is 15.4. The van der Waals surface area contributed by atoms with E-state index >= 15 is 0 Å². The van der Waals surface area contributed by atoms with Crippen molar-refractivity contribution in [3.8, 4) is 0 Å². The van der Waals surface area contributed by atoms with Crippen molar-refractivity contribution in [2.45, 2.75) is 83.1 Å². The Morgan fingerprint density at radius 3 is 2.36 bits per heavy atom. The summed E-state index contributed by atoms with van der Waals surface area (Å²) in [6, 6.07) is 0.857. The molecule has 126 valence electrons. The van der Waals surface area contributed by atoms with E-state index in [1.54, 1.807) is 0 Å². The predicted octanol–water partition coefficient (Wildman–Crippen LogP) is 3.96. The van der Waals surface area contributed by atoms with E-state index in [-0.39, 0.29) is 0 Å². The Balaban J connectivity index is 1.43. The molecule has 3 saturated heterocycles. The highest BCUT2D eigenvalue weighted by Crippen LogP contribution is 2.41. The van der Waals surface area contributed by atoms with Gasteiger partial charge in [-0.1, -0.05) is 51.4 Å². The van der Waals surface area contributed by atoms with Crippen molar-refractivity contribution in [1.29, 1.82) is 0 Å². The van der Waals surface area contributed by atoms with E-state index in [4.69, 9.17) is 0 Å². The fourth-order valence-electron chi connectivity index (χ4n) is 5.59. The van der Waals surface area contributed by atoms with Crippen LogP contribution < -0.4 is 5.43 Å². The van der Waals surface area contributed by atoms with Crippen LogP contribution in [0.3, 0.4) is 0 Å². The Labute approximate surface area is 136 Å². The molecule has 0 radical (unpaired) electrons. The molecule has 0 aromatic carbocycles. The van der Waals surface area contributed by atoms with Gasteiger partial charge in [-0.3, -0.25) is 0 Å². The van der Waals surface area contributed by atoms with Gasteiger partial charge in [-0.2, -0.15) is 5.12 Å². The Kier molecular flexibility index (Phi) is 5.04. The highest BCUT2D eigenvalue weighted by atomic mass is 15.8. The zero-order chi connectivity index (χ0) is 14.8. The Bertz CT molecular complexity index is 359. The van der Waals surface area contributed by atoms with E-state index in [2.05, 4.69) is 15.6 Å². The number of hydrogen-bond donors (Lipinski definition) is 1. The van der Waals surface area contributed by atoms with Gasteiger partial charge < -0.3 is 0 Å². The third kappa shape index (κ3) is 3.37. The zero-order valence-electron chi connectivity index (χ0n) is 14.3. The Morgan fingerprint density at radius 2 is 1.50 bits per heavy atom. The van der Waals surface area contributed by atoms with E-state index in [0.717, 1.165) is 23.8 Å². The standard InChI is InChI=1S/C19H35N3/c1-2-4-6-8-17-14-20-22(15-17)21-12-11-18-10-9-16(7-5-3-1)13-19(18)21/h16-20H,1-15H2.